The van der Waals surface area contributed by atoms with Crippen LogP contribution in [0.15, 0.2) is 42.5 Å². The topological polar surface area (TPSA) is 78.7 Å². The monoisotopic (exact) mass is 413 g/mol. The summed E-state index contributed by atoms with van der Waals surface area (Å²) >= 11 is 5.80. The molecule has 0 spiro atoms. The van der Waals surface area contributed by atoms with Crippen molar-refractivity contribution in [1.29, 1.82) is 0 Å². The summed E-state index contributed by atoms with van der Waals surface area (Å²) in [6.45, 7) is 0. The predicted molar refractivity (Wildman–Crippen MR) is 86.2 cm³/mol. The van der Waals surface area contributed by atoms with Crippen molar-refractivity contribution in [3.63, 3.8) is 0 Å². The molecule has 0 N–H and O–H groups in total. The predicted octanol–water partition coefficient (Wildman–Crippen LogP) is 1.70. The summed E-state index contributed by atoms with van der Waals surface area (Å²) in [5, 5.41) is 10.5. The van der Waals surface area contributed by atoms with E-state index in [0.717, 1.165) is 19.2 Å². The summed E-state index contributed by atoms with van der Waals surface area (Å²) in [6, 6.07) is 7.87. The molecule has 0 radical (unpaired) electrons. The molecule has 0 aromatic heterocycles. The molecule has 0 bridgehead atoms. The van der Waals surface area contributed by atoms with Gasteiger partial charge in [0.05, 0.1) is 15.5 Å². The minimum Gasteiger partial charge on any atom is -1.00 e. The van der Waals surface area contributed by atoms with Crippen molar-refractivity contribution in [2.45, 2.75) is 12.4 Å². The van der Waals surface area contributed by atoms with Gasteiger partial charge < -0.3 is 10.9 Å². The Morgan fingerprint density at radius 3 is 2.44 bits per heavy atom. The molecule has 1 atom stereocenters. The maximum absolute atomic E-state index is 12.6. The summed E-state index contributed by atoms with van der Waals surface area (Å²) in [4.78, 5) is 22.0. The first kappa shape index (κ1) is 23.4. The molecule has 0 aliphatic carbocycles. The number of nitrogens with zero attached hydrogens (tertiary/aromatic N) is 1. The van der Waals surface area contributed by atoms with E-state index in [1.165, 1.54) is 24.3 Å². The van der Waals surface area contributed by atoms with Crippen molar-refractivity contribution in [1.82, 2.24) is 0 Å². The third kappa shape index (κ3) is 5.91. The number of methoxy groups -OCH3 is 1. The Labute approximate surface area is 180 Å². The fourth-order valence-corrected chi connectivity index (χ4v) is 2.25. The maximum atomic E-state index is 12.6. The standard InChI is InChI=1S/C16H11ClF3NO5.Na.H/c1-25-15(21(23)24)14(22)9-3-2-4-11(7-9)26-13-6-5-10(8-12(13)17)16(18,19)20;;/h2-8,15H,1H3;;/q;+1;-1. The Kier molecular flexibility index (Phi) is 8.24. The summed E-state index contributed by atoms with van der Waals surface area (Å²) in [6.07, 6.45) is -6.42. The Morgan fingerprint density at radius 1 is 1.26 bits per heavy atom. The minimum atomic E-state index is -4.55. The summed E-state index contributed by atoms with van der Waals surface area (Å²) in [5.41, 5.74) is -0.998. The summed E-state index contributed by atoms with van der Waals surface area (Å²) in [7, 11) is 1.02. The van der Waals surface area contributed by atoms with Crippen molar-refractivity contribution < 1.29 is 63.3 Å². The fourth-order valence-electron chi connectivity index (χ4n) is 2.03. The number of hydrogen-bond acceptors (Lipinski definition) is 5. The van der Waals surface area contributed by atoms with Gasteiger partial charge >= 0.3 is 42.0 Å². The number of halogens is 4. The number of hydrogen-bond donors (Lipinski definition) is 0. The number of Topliss-reactive ketones (excluding diaryl/α,β-unsaturated/α-hetero) is 1. The van der Waals surface area contributed by atoms with Crippen LogP contribution in [0.2, 0.25) is 5.02 Å². The van der Waals surface area contributed by atoms with Crippen LogP contribution in [0, 0.1) is 10.1 Å². The first-order chi connectivity index (χ1) is 12.1. The van der Waals surface area contributed by atoms with Crippen molar-refractivity contribution >= 4 is 17.4 Å². The van der Waals surface area contributed by atoms with Crippen molar-refractivity contribution in [2.24, 2.45) is 0 Å². The molecule has 1 unspecified atom stereocenters. The van der Waals surface area contributed by atoms with Gasteiger partial charge in [0.1, 0.15) is 11.5 Å². The van der Waals surface area contributed by atoms with Gasteiger partial charge in [0, 0.05) is 12.7 Å². The summed E-state index contributed by atoms with van der Waals surface area (Å²) < 4.78 is 47.8. The quantitative estimate of drug-likeness (QED) is 0.237. The van der Waals surface area contributed by atoms with Crippen LogP contribution in [0.4, 0.5) is 13.2 Å². The molecule has 0 saturated heterocycles. The Hall–Kier alpha value is -1.65. The second-order valence-electron chi connectivity index (χ2n) is 5.01. The van der Waals surface area contributed by atoms with Crippen molar-refractivity contribution in [3.05, 3.63) is 68.7 Å². The van der Waals surface area contributed by atoms with Crippen LogP contribution in [0.1, 0.15) is 17.3 Å². The molecule has 140 valence electrons. The minimum absolute atomic E-state index is 0. The number of nitro groups is 1. The van der Waals surface area contributed by atoms with E-state index in [2.05, 4.69) is 4.74 Å². The molecule has 0 aliphatic rings. The first-order valence-electron chi connectivity index (χ1n) is 6.98. The van der Waals surface area contributed by atoms with Crippen LogP contribution in [0.5, 0.6) is 11.5 Å². The molecule has 0 amide bonds. The molecule has 2 aromatic carbocycles. The number of carbonyl (C=O) groups is 1. The van der Waals surface area contributed by atoms with Gasteiger partial charge in [-0.2, -0.15) is 13.2 Å². The number of ketones is 1. The molecule has 0 heterocycles. The number of ether oxygens (including phenoxy) is 2. The normalized spacial score (nSPS) is 12.0. The van der Waals surface area contributed by atoms with Crippen LogP contribution in [-0.4, -0.2) is 24.0 Å². The Morgan fingerprint density at radius 2 is 1.93 bits per heavy atom. The van der Waals surface area contributed by atoms with Crippen LogP contribution < -0.4 is 34.3 Å². The van der Waals surface area contributed by atoms with Crippen LogP contribution in [-0.2, 0) is 10.9 Å². The number of rotatable bonds is 6. The third-order valence-electron chi connectivity index (χ3n) is 3.24. The van der Waals surface area contributed by atoms with E-state index in [-0.39, 0.29) is 53.1 Å². The SMILES string of the molecule is COC(C(=O)c1cccc(Oc2ccc(C(F)(F)F)cc2Cl)c1)[N+](=O)[O-].[H-].[Na+]. The van der Waals surface area contributed by atoms with Crippen LogP contribution >= 0.6 is 11.6 Å². The Bertz CT molecular complexity index is 853. The number of alkyl halides is 3. The van der Waals surface area contributed by atoms with Gasteiger partial charge in [0.25, 0.3) is 5.78 Å². The molecular weight excluding hydrogens is 402 g/mol. The molecule has 2 rings (SSSR count). The second-order valence-corrected chi connectivity index (χ2v) is 5.42. The third-order valence-corrected chi connectivity index (χ3v) is 3.54. The van der Waals surface area contributed by atoms with E-state index in [9.17, 15) is 28.1 Å². The molecule has 0 fully saturated rings. The zero-order valence-electron chi connectivity index (χ0n) is 15.1. The summed E-state index contributed by atoms with van der Waals surface area (Å²) in [5.74, 6) is -0.904. The zero-order chi connectivity index (χ0) is 19.5. The van der Waals surface area contributed by atoms with Gasteiger partial charge in [-0.3, -0.25) is 14.9 Å². The average Bonchev–Trinajstić information content (AvgIpc) is 2.56. The largest absolute Gasteiger partial charge is 1.00 e. The van der Waals surface area contributed by atoms with Crippen LogP contribution in [0.3, 0.4) is 0 Å². The molecule has 11 heteroatoms. The van der Waals surface area contributed by atoms with Crippen molar-refractivity contribution in [2.75, 3.05) is 7.11 Å². The molecule has 0 saturated carbocycles. The smallest absolute Gasteiger partial charge is 1.00 e. The second kappa shape index (κ2) is 9.52. The maximum Gasteiger partial charge on any atom is 1.00 e. The molecular formula is C16H12ClF3NNaO5. The number of benzene rings is 2. The van der Waals surface area contributed by atoms with E-state index < -0.39 is 28.7 Å². The molecule has 27 heavy (non-hydrogen) atoms. The van der Waals surface area contributed by atoms with Gasteiger partial charge in [0.15, 0.2) is 0 Å². The van der Waals surface area contributed by atoms with E-state index in [0.29, 0.717) is 6.07 Å². The van der Waals surface area contributed by atoms with E-state index in [1.54, 1.807) is 0 Å². The van der Waals surface area contributed by atoms with Gasteiger partial charge in [-0.15, -0.1) is 0 Å². The molecule has 6 nitrogen and oxygen atoms in total. The first-order valence-corrected chi connectivity index (χ1v) is 7.36. The van der Waals surface area contributed by atoms with Gasteiger partial charge in [-0.1, -0.05) is 23.7 Å². The number of carbonyl (C=O) groups excluding carboxylic acids is 1. The fraction of sp³-hybridized carbons (Fsp3) is 0.188. The zero-order valence-corrected chi connectivity index (χ0v) is 16.9. The van der Waals surface area contributed by atoms with Gasteiger partial charge in [0.2, 0.25) is 0 Å². The molecule has 0 aliphatic heterocycles. The van der Waals surface area contributed by atoms with Crippen molar-refractivity contribution in [3.8, 4) is 11.5 Å². The van der Waals surface area contributed by atoms with E-state index in [1.807, 2.05) is 0 Å². The van der Waals surface area contributed by atoms with Gasteiger partial charge in [-0.05, 0) is 30.3 Å². The van der Waals surface area contributed by atoms with Gasteiger partial charge in [-0.25, -0.2) is 0 Å². The van der Waals surface area contributed by atoms with E-state index >= 15 is 0 Å². The Balaban J connectivity index is 0.00000364. The molecule has 2 aromatic rings. The van der Waals surface area contributed by atoms with E-state index in [4.69, 9.17) is 16.3 Å². The average molecular weight is 414 g/mol. The van der Waals surface area contributed by atoms with Crippen LogP contribution in [0.25, 0.3) is 0 Å².